The highest BCUT2D eigenvalue weighted by Gasteiger charge is 2.92. The quantitative estimate of drug-likeness (QED) is 0.0252. The zero-order valence-corrected chi connectivity index (χ0v) is 58.7. The smallest absolute Gasteiger partial charge is 0.222 e. The van der Waals surface area contributed by atoms with Gasteiger partial charge in [0.15, 0.2) is 18.9 Å². The summed E-state index contributed by atoms with van der Waals surface area (Å²) in [6, 6.07) is 0. The minimum Gasteiger partial charge on any atom is -0.396 e. The van der Waals surface area contributed by atoms with Crippen molar-refractivity contribution >= 4 is 41.4 Å². The van der Waals surface area contributed by atoms with Gasteiger partial charge in [-0.25, -0.2) is 0 Å². The Morgan fingerprint density at radius 2 is 0.767 bits per heavy atom. The van der Waals surface area contributed by atoms with E-state index >= 15 is 0 Å². The van der Waals surface area contributed by atoms with Crippen LogP contribution in [-0.4, -0.2) is 361 Å². The summed E-state index contributed by atoms with van der Waals surface area (Å²) < 4.78 is 86.5. The number of ether oxygens (including phenoxy) is 15. The molecule has 0 bridgehead atoms. The molecular weight excluding hydrogens is 1370 g/mol. The largest absolute Gasteiger partial charge is 0.396 e. The number of nitrogens with one attached hydrogen (secondary N) is 7. The highest BCUT2D eigenvalue weighted by molar-refractivity contribution is 5.78. The fourth-order valence-corrected chi connectivity index (χ4v) is 16.9. The number of carbonyl (C=O) groups excluding carboxylic acids is 7. The van der Waals surface area contributed by atoms with Crippen molar-refractivity contribution in [1.82, 2.24) is 37.2 Å². The van der Waals surface area contributed by atoms with E-state index in [1.165, 1.54) is 20.8 Å². The molecule has 3 saturated heterocycles. The maximum atomic E-state index is 13.1. The van der Waals surface area contributed by atoms with Crippen molar-refractivity contribution in [3.63, 3.8) is 0 Å². The molecule has 0 aromatic heterocycles. The Hall–Kier alpha value is -4.67. The monoisotopic (exact) mass is 1480 g/mol. The van der Waals surface area contributed by atoms with Gasteiger partial charge in [0.25, 0.3) is 0 Å². The summed E-state index contributed by atoms with van der Waals surface area (Å²) in [5.74, 6) is -5.31. The summed E-state index contributed by atoms with van der Waals surface area (Å²) in [5.41, 5.74) is -6.68. The molecule has 38 nitrogen and oxygen atoms in total. The number of hydrogen-bond donors (Lipinski definition) is 16. The lowest BCUT2D eigenvalue weighted by Crippen LogP contribution is -3.01. The third-order valence-corrected chi connectivity index (χ3v) is 21.4. The van der Waals surface area contributed by atoms with Gasteiger partial charge in [-0.2, -0.15) is 0 Å². The first kappa shape index (κ1) is 82.4. The fourth-order valence-electron chi connectivity index (χ4n) is 16.9. The van der Waals surface area contributed by atoms with Crippen molar-refractivity contribution in [1.29, 1.82) is 0 Å². The van der Waals surface area contributed by atoms with Gasteiger partial charge in [-0.3, -0.25) is 33.6 Å². The zero-order chi connectivity index (χ0) is 74.3. The highest BCUT2D eigenvalue weighted by Crippen LogP contribution is 2.74. The Kier molecular flexibility index (Phi) is 29.6. The zero-order valence-electron chi connectivity index (χ0n) is 58.7. The predicted octanol–water partition coefficient (Wildman–Crippen LogP) is -8.95. The first-order chi connectivity index (χ1) is 49.5. The van der Waals surface area contributed by atoms with E-state index in [1.807, 2.05) is 0 Å². The predicted molar refractivity (Wildman–Crippen MR) is 345 cm³/mol. The Bertz CT molecular complexity index is 2710. The summed E-state index contributed by atoms with van der Waals surface area (Å²) >= 11 is 0. The van der Waals surface area contributed by atoms with E-state index in [0.717, 1.165) is 0 Å². The molecule has 38 heteroatoms. The van der Waals surface area contributed by atoms with E-state index in [9.17, 15) is 79.5 Å². The number of aliphatic hydroxyl groups is 9. The molecule has 103 heavy (non-hydrogen) atoms. The summed E-state index contributed by atoms with van der Waals surface area (Å²) in [7, 11) is 0. The minimum atomic E-state index is -1.34. The van der Waals surface area contributed by atoms with E-state index in [4.69, 9.17) is 71.1 Å². The Labute approximate surface area is 595 Å². The standard InChI is InChI=1S/C65H107N7O31/c1-5-40(79)72-60(34-96-13-7-42(81)67-10-16-90-19-22-93-25-28-99-58-64(70-37(3)77)50-48(85)52(87)61(50,31-74)55(64)102-58,35-97-14-8-43(82)68-11-17-91-20-23-94-26-29-100-59-65(71-38(4)78)51-49(86)53(88)62(51,32-75)56(65)103-59)33-95-12-6-41(80)66-9-15-89-18-21-92-24-27-98-57-63(69-36(2)76)45-44(54(63)101-57)39(30-73)46(83)47(45)84/h39,44-59,73-75,83-88H,5-35H2,1-4H3,(H,66,80)(H,67,81)(H,68,82)(H,69,76)(H,70,77)(H,71,78)(H,72,79)/t39?,44?,45?,46-,47?,48?,49?,50?,51?,52+,53+,54?,55?,56?,57+,58+,59+,60?,61?,62?,63?,64?,65?/m0/s1. The van der Waals surface area contributed by atoms with Gasteiger partial charge in [-0.1, -0.05) is 6.92 Å². The average molecular weight is 1480 g/mol. The normalized spacial score (nSPS) is 36.1. The van der Waals surface area contributed by atoms with Crippen LogP contribution in [0.1, 0.15) is 53.4 Å². The van der Waals surface area contributed by atoms with Gasteiger partial charge >= 0.3 is 0 Å². The van der Waals surface area contributed by atoms with Crippen LogP contribution in [0, 0.1) is 40.4 Å². The highest BCUT2D eigenvalue weighted by atomic mass is 16.7. The Balaban J connectivity index is 0.629. The van der Waals surface area contributed by atoms with Gasteiger partial charge in [0, 0.05) is 102 Å². The van der Waals surface area contributed by atoms with Crippen LogP contribution in [0.15, 0.2) is 0 Å². The molecule has 588 valence electrons. The molecule has 3 heterocycles. The lowest BCUT2D eigenvalue weighted by molar-refractivity contribution is -0.496. The second kappa shape index (κ2) is 37.0. The van der Waals surface area contributed by atoms with Gasteiger partial charge < -0.3 is 154 Å². The SMILES string of the molecule is CCC(=O)NC(COCCC(=O)NCCOCCOCCO[C@@H]1OC2C3C(CO)[C@H](O)C(O)C3C21NC(C)=O)(COCCC(=O)NCCOCCOCCO[C@@H]1OC2C3(CO)C(C(O)[C@H]3O)C21NC(C)=O)COCCC(=O)NCCOCCOCCO[C@@H]1OC2C3(CO)C(C(O)[C@H]3O)C21NC(C)=O. The molecule has 6 aliphatic carbocycles. The number of carbonyl (C=O) groups is 7. The number of amides is 7. The number of fused-ring (bicyclic) bond motifs is 12. The molecule has 3 aliphatic heterocycles. The lowest BCUT2D eigenvalue weighted by Gasteiger charge is -2.82. The summed E-state index contributed by atoms with van der Waals surface area (Å²) in [6.07, 6.45) is -11.9. The molecule has 0 aromatic carbocycles. The molecule has 16 unspecified atom stereocenters. The molecule has 6 saturated carbocycles. The van der Waals surface area contributed by atoms with Crippen LogP contribution in [0.2, 0.25) is 0 Å². The first-order valence-corrected chi connectivity index (χ1v) is 35.4. The maximum Gasteiger partial charge on any atom is 0.222 e. The molecule has 0 spiro atoms. The van der Waals surface area contributed by atoms with Crippen LogP contribution in [0.5, 0.6) is 0 Å². The average Bonchev–Trinajstić information content (AvgIpc) is 1.36. The first-order valence-electron chi connectivity index (χ1n) is 35.4. The lowest BCUT2D eigenvalue weighted by atomic mass is 9.32. The van der Waals surface area contributed by atoms with E-state index in [2.05, 4.69) is 37.2 Å². The summed E-state index contributed by atoms with van der Waals surface area (Å²) in [4.78, 5) is 87.9. The molecule has 16 N–H and O–H groups in total. The van der Waals surface area contributed by atoms with E-state index in [1.54, 1.807) is 6.92 Å². The van der Waals surface area contributed by atoms with Crippen molar-refractivity contribution in [3.8, 4) is 0 Å². The number of rotatable bonds is 53. The summed E-state index contributed by atoms with van der Waals surface area (Å²) in [5, 5.41) is 112. The van der Waals surface area contributed by atoms with Crippen molar-refractivity contribution in [2.24, 2.45) is 40.4 Å². The van der Waals surface area contributed by atoms with Crippen molar-refractivity contribution < 1.29 is 151 Å². The second-order valence-corrected chi connectivity index (χ2v) is 27.7. The minimum absolute atomic E-state index is 0.0698. The molecule has 9 rings (SSSR count). The topological polar surface area (TPSA) is 524 Å². The third kappa shape index (κ3) is 16.7. The van der Waals surface area contributed by atoms with E-state index < -0.39 is 144 Å². The van der Waals surface area contributed by atoms with Crippen LogP contribution in [0.4, 0.5) is 0 Å². The second-order valence-electron chi connectivity index (χ2n) is 27.7. The van der Waals surface area contributed by atoms with E-state index in [0.29, 0.717) is 0 Å². The van der Waals surface area contributed by atoms with Crippen molar-refractivity contribution in [3.05, 3.63) is 0 Å². The Morgan fingerprint density at radius 3 is 1.12 bits per heavy atom. The summed E-state index contributed by atoms with van der Waals surface area (Å²) in [6.45, 7) is 6.41. The van der Waals surface area contributed by atoms with Gasteiger partial charge in [-0.15, -0.1) is 0 Å². The van der Waals surface area contributed by atoms with Crippen LogP contribution in [0.3, 0.4) is 0 Å². The van der Waals surface area contributed by atoms with Crippen LogP contribution in [0.25, 0.3) is 0 Å². The van der Waals surface area contributed by atoms with Crippen molar-refractivity contribution in [2.75, 3.05) is 178 Å². The molecular formula is C65H107N7O31. The van der Waals surface area contributed by atoms with Crippen LogP contribution in [-0.2, 0) is 105 Å². The van der Waals surface area contributed by atoms with Gasteiger partial charge in [0.05, 0.1) is 206 Å². The third-order valence-electron chi connectivity index (χ3n) is 21.4. The van der Waals surface area contributed by atoms with Gasteiger partial charge in [-0.05, 0) is 0 Å². The van der Waals surface area contributed by atoms with E-state index in [-0.39, 0.29) is 238 Å². The molecule has 0 radical (unpaired) electrons. The molecule has 22 atom stereocenters. The van der Waals surface area contributed by atoms with Gasteiger partial charge in [0.1, 0.15) is 34.4 Å². The fraction of sp³-hybridized carbons (Fsp3) is 0.892. The van der Waals surface area contributed by atoms with Gasteiger partial charge in [0.2, 0.25) is 41.4 Å². The molecule has 9 fully saturated rings. The maximum absolute atomic E-state index is 13.1. The van der Waals surface area contributed by atoms with Crippen LogP contribution < -0.4 is 37.2 Å². The molecule has 9 aliphatic rings. The number of aliphatic hydroxyl groups excluding tert-OH is 9. The molecule has 7 amide bonds. The molecule has 0 aromatic rings. The number of hydrogen-bond acceptors (Lipinski definition) is 31. The Morgan fingerprint density at radius 1 is 0.417 bits per heavy atom. The van der Waals surface area contributed by atoms with Crippen molar-refractivity contribution in [2.45, 2.75) is 149 Å². The van der Waals surface area contributed by atoms with Crippen LogP contribution >= 0.6 is 0 Å².